The summed E-state index contributed by atoms with van der Waals surface area (Å²) in [6, 6.07) is -0.254. The van der Waals surface area contributed by atoms with E-state index in [9.17, 15) is 9.59 Å². The molecule has 0 spiro atoms. The highest BCUT2D eigenvalue weighted by Crippen LogP contribution is 2.18. The van der Waals surface area contributed by atoms with Crippen molar-refractivity contribution in [2.45, 2.75) is 58.8 Å². The predicted molar refractivity (Wildman–Crippen MR) is 86.4 cm³/mol. The molecule has 1 saturated heterocycles. The van der Waals surface area contributed by atoms with Crippen LogP contribution in [0.25, 0.3) is 0 Å². The molecule has 0 bridgehead atoms. The lowest BCUT2D eigenvalue weighted by Gasteiger charge is -2.41. The van der Waals surface area contributed by atoms with Gasteiger partial charge in [0.25, 0.3) is 0 Å². The number of piperazine rings is 1. The summed E-state index contributed by atoms with van der Waals surface area (Å²) in [6.45, 7) is 12.5. The first-order valence-electron chi connectivity index (χ1n) is 7.89. The quantitative estimate of drug-likeness (QED) is 0.778. The van der Waals surface area contributed by atoms with Gasteiger partial charge < -0.3 is 19.1 Å². The Balaban J connectivity index is 2.74. The van der Waals surface area contributed by atoms with E-state index in [0.29, 0.717) is 26.2 Å². The first-order valence-corrected chi connectivity index (χ1v) is 7.89. The number of methoxy groups -OCH3 is 1. The lowest BCUT2D eigenvalue weighted by atomic mass is 10.1. The van der Waals surface area contributed by atoms with Crippen LogP contribution in [0.5, 0.6) is 0 Å². The zero-order valence-corrected chi connectivity index (χ0v) is 15.3. The van der Waals surface area contributed by atoms with Gasteiger partial charge in [-0.1, -0.05) is 0 Å². The van der Waals surface area contributed by atoms with Crippen molar-refractivity contribution in [3.63, 3.8) is 0 Å². The lowest BCUT2D eigenvalue weighted by Crippen LogP contribution is -2.59. The third-order valence-corrected chi connectivity index (χ3v) is 3.12. The number of nitrogens with zero attached hydrogens (tertiary/aromatic N) is 2. The van der Waals surface area contributed by atoms with Crippen molar-refractivity contribution in [1.82, 2.24) is 9.80 Å². The van der Waals surface area contributed by atoms with Crippen LogP contribution < -0.4 is 0 Å². The maximum atomic E-state index is 12.3. The molecule has 1 fully saturated rings. The molecule has 1 aliphatic rings. The van der Waals surface area contributed by atoms with Gasteiger partial charge in [-0.15, -0.1) is 0 Å². The van der Waals surface area contributed by atoms with Crippen molar-refractivity contribution in [2.75, 3.05) is 33.4 Å². The smallest absolute Gasteiger partial charge is 0.410 e. The van der Waals surface area contributed by atoms with Crippen LogP contribution in [0.15, 0.2) is 0 Å². The van der Waals surface area contributed by atoms with Gasteiger partial charge in [0.15, 0.2) is 0 Å². The molecule has 0 aromatic heterocycles. The van der Waals surface area contributed by atoms with Gasteiger partial charge in [-0.05, 0) is 41.5 Å². The highest BCUT2D eigenvalue weighted by molar-refractivity contribution is 5.71. The predicted octanol–water partition coefficient (Wildman–Crippen LogP) is 2.49. The van der Waals surface area contributed by atoms with Crippen molar-refractivity contribution in [3.8, 4) is 0 Å². The molecule has 23 heavy (non-hydrogen) atoms. The first kappa shape index (κ1) is 19.5. The van der Waals surface area contributed by atoms with Crippen LogP contribution in [0.2, 0.25) is 0 Å². The van der Waals surface area contributed by atoms with Crippen molar-refractivity contribution in [2.24, 2.45) is 0 Å². The molecule has 2 amide bonds. The Labute approximate surface area is 138 Å². The van der Waals surface area contributed by atoms with Gasteiger partial charge in [-0.3, -0.25) is 4.90 Å². The lowest BCUT2D eigenvalue weighted by molar-refractivity contribution is -0.0264. The second-order valence-corrected chi connectivity index (χ2v) is 7.71. The van der Waals surface area contributed by atoms with E-state index >= 15 is 0 Å². The number of rotatable bonds is 2. The van der Waals surface area contributed by atoms with Crippen LogP contribution in [0.4, 0.5) is 9.59 Å². The zero-order chi connectivity index (χ0) is 17.8. The van der Waals surface area contributed by atoms with Crippen molar-refractivity contribution >= 4 is 12.2 Å². The molecule has 7 nitrogen and oxygen atoms in total. The molecular weight excluding hydrogens is 300 g/mol. The summed E-state index contributed by atoms with van der Waals surface area (Å²) in [4.78, 5) is 27.7. The Kier molecular flexibility index (Phi) is 6.27. The van der Waals surface area contributed by atoms with E-state index in [4.69, 9.17) is 14.2 Å². The summed E-state index contributed by atoms with van der Waals surface area (Å²) in [7, 11) is 1.57. The molecule has 0 N–H and O–H groups in total. The number of hydrogen-bond acceptors (Lipinski definition) is 5. The van der Waals surface area contributed by atoms with E-state index in [-0.39, 0.29) is 18.2 Å². The number of amides is 2. The van der Waals surface area contributed by atoms with Crippen LogP contribution in [0, 0.1) is 0 Å². The highest BCUT2D eigenvalue weighted by atomic mass is 16.6. The van der Waals surface area contributed by atoms with Gasteiger partial charge in [-0.2, -0.15) is 0 Å². The minimum atomic E-state index is -0.559. The first-order chi connectivity index (χ1) is 10.4. The molecule has 1 heterocycles. The molecule has 1 atom stereocenters. The fourth-order valence-electron chi connectivity index (χ4n) is 2.24. The Morgan fingerprint density at radius 3 is 1.96 bits per heavy atom. The topological polar surface area (TPSA) is 68.3 Å². The average Bonchev–Trinajstić information content (AvgIpc) is 2.34. The number of ether oxygens (including phenoxy) is 3. The molecule has 0 radical (unpaired) electrons. The third-order valence-electron chi connectivity index (χ3n) is 3.12. The normalized spacial score (nSPS) is 19.5. The Morgan fingerprint density at radius 1 is 0.957 bits per heavy atom. The van der Waals surface area contributed by atoms with Crippen LogP contribution in [0.3, 0.4) is 0 Å². The average molecular weight is 330 g/mol. The molecule has 0 unspecified atom stereocenters. The second-order valence-electron chi connectivity index (χ2n) is 7.71. The SMILES string of the molecule is COC[C@@H]1CN(C(=O)OC(C)(C)C)CCN1C(=O)OC(C)(C)C. The summed E-state index contributed by atoms with van der Waals surface area (Å²) in [6.07, 6.45) is -0.758. The number of hydrogen-bond donors (Lipinski definition) is 0. The summed E-state index contributed by atoms with van der Waals surface area (Å²) in [5.74, 6) is 0. The van der Waals surface area contributed by atoms with Crippen LogP contribution in [0.1, 0.15) is 41.5 Å². The van der Waals surface area contributed by atoms with Crippen molar-refractivity contribution < 1.29 is 23.8 Å². The summed E-state index contributed by atoms with van der Waals surface area (Å²) >= 11 is 0. The monoisotopic (exact) mass is 330 g/mol. The van der Waals surface area contributed by atoms with Gasteiger partial charge in [0, 0.05) is 26.7 Å². The van der Waals surface area contributed by atoms with Gasteiger partial charge in [0.1, 0.15) is 11.2 Å². The molecule has 1 rings (SSSR count). The minimum absolute atomic E-state index is 0.254. The van der Waals surface area contributed by atoms with E-state index in [1.807, 2.05) is 41.5 Å². The Hall–Kier alpha value is -1.50. The number of carbonyl (C=O) groups excluding carboxylic acids is 2. The summed E-state index contributed by atoms with van der Waals surface area (Å²) in [5, 5.41) is 0. The van der Waals surface area contributed by atoms with Crippen LogP contribution in [-0.2, 0) is 14.2 Å². The second kappa shape index (κ2) is 7.38. The maximum Gasteiger partial charge on any atom is 0.410 e. The van der Waals surface area contributed by atoms with E-state index in [1.54, 1.807) is 16.9 Å². The van der Waals surface area contributed by atoms with E-state index in [2.05, 4.69) is 0 Å². The fourth-order valence-corrected chi connectivity index (χ4v) is 2.24. The third kappa shape index (κ3) is 6.64. The van der Waals surface area contributed by atoms with Crippen molar-refractivity contribution in [3.05, 3.63) is 0 Å². The maximum absolute atomic E-state index is 12.3. The molecule has 0 aromatic carbocycles. The molecule has 0 aromatic rings. The minimum Gasteiger partial charge on any atom is -0.444 e. The highest BCUT2D eigenvalue weighted by Gasteiger charge is 2.36. The molecule has 1 aliphatic heterocycles. The molecular formula is C16H30N2O5. The zero-order valence-electron chi connectivity index (χ0n) is 15.3. The number of carbonyl (C=O) groups is 2. The molecule has 134 valence electrons. The fraction of sp³-hybridized carbons (Fsp3) is 0.875. The Morgan fingerprint density at radius 2 is 1.48 bits per heavy atom. The van der Waals surface area contributed by atoms with Gasteiger partial charge in [-0.25, -0.2) is 9.59 Å². The summed E-state index contributed by atoms with van der Waals surface area (Å²) in [5.41, 5.74) is -1.10. The Bertz CT molecular complexity index is 425. The standard InChI is InChI=1S/C16H30N2O5/c1-15(2,3)22-13(19)17-8-9-18(12(10-17)11-21-7)14(20)23-16(4,5)6/h12H,8-11H2,1-7H3/t12-/m0/s1. The molecule has 0 aliphatic carbocycles. The van der Waals surface area contributed by atoms with Crippen molar-refractivity contribution in [1.29, 1.82) is 0 Å². The molecule has 0 saturated carbocycles. The van der Waals surface area contributed by atoms with E-state index in [1.165, 1.54) is 0 Å². The van der Waals surface area contributed by atoms with Crippen LogP contribution in [-0.4, -0.2) is 72.6 Å². The van der Waals surface area contributed by atoms with E-state index in [0.717, 1.165) is 0 Å². The molecule has 7 heteroatoms. The summed E-state index contributed by atoms with van der Waals surface area (Å²) < 4.78 is 16.0. The van der Waals surface area contributed by atoms with Gasteiger partial charge in [0.05, 0.1) is 12.6 Å². The van der Waals surface area contributed by atoms with E-state index < -0.39 is 11.2 Å². The van der Waals surface area contributed by atoms with Gasteiger partial charge in [0.2, 0.25) is 0 Å². The van der Waals surface area contributed by atoms with Gasteiger partial charge >= 0.3 is 12.2 Å². The largest absolute Gasteiger partial charge is 0.444 e. The van der Waals surface area contributed by atoms with Crippen LogP contribution >= 0.6 is 0 Å².